The first-order chi connectivity index (χ1) is 5.07. The van der Waals surface area contributed by atoms with E-state index in [1.165, 1.54) is 0 Å². The van der Waals surface area contributed by atoms with Gasteiger partial charge in [0.1, 0.15) is 0 Å². The normalized spacial score (nSPS) is 15.9. The van der Waals surface area contributed by atoms with Crippen LogP contribution < -0.4 is 11.1 Å². The van der Waals surface area contributed by atoms with Crippen molar-refractivity contribution in [1.29, 1.82) is 0 Å². The molecule has 3 heteroatoms. The first-order valence-corrected chi connectivity index (χ1v) is 4.09. The number of carbonyl (C=O) groups excluding carboxylic acids is 1. The average Bonchev–Trinajstić information content (AvgIpc) is 1.98. The third-order valence-corrected chi connectivity index (χ3v) is 2.10. The van der Waals surface area contributed by atoms with Crippen molar-refractivity contribution in [1.82, 2.24) is 5.32 Å². The highest BCUT2D eigenvalue weighted by molar-refractivity contribution is 5.75. The third-order valence-electron chi connectivity index (χ3n) is 2.10. The Balaban J connectivity index is 3.51. The quantitative estimate of drug-likeness (QED) is 0.612. The minimum atomic E-state index is -0.292. The summed E-state index contributed by atoms with van der Waals surface area (Å²) < 4.78 is 0. The molecule has 1 amide bonds. The van der Waals surface area contributed by atoms with Crippen LogP contribution in [0.4, 0.5) is 0 Å². The Kier molecular flexibility index (Phi) is 4.86. The van der Waals surface area contributed by atoms with Crippen LogP contribution in [0.2, 0.25) is 0 Å². The molecule has 0 saturated heterocycles. The van der Waals surface area contributed by atoms with Crippen molar-refractivity contribution >= 4 is 5.91 Å². The van der Waals surface area contributed by atoms with E-state index in [9.17, 15) is 4.79 Å². The molecule has 3 N–H and O–H groups in total. The zero-order chi connectivity index (χ0) is 8.85. The summed E-state index contributed by atoms with van der Waals surface area (Å²) in [5.41, 5.74) is 4.98. The van der Waals surface area contributed by atoms with Gasteiger partial charge in [-0.05, 0) is 12.8 Å². The molecule has 0 saturated carbocycles. The molecule has 0 radical (unpaired) electrons. The Morgan fingerprint density at radius 2 is 2.09 bits per heavy atom. The summed E-state index contributed by atoms with van der Waals surface area (Å²) in [7, 11) is 0. The fourth-order valence-corrected chi connectivity index (χ4v) is 0.816. The van der Waals surface area contributed by atoms with Gasteiger partial charge in [-0.2, -0.15) is 0 Å². The van der Waals surface area contributed by atoms with E-state index >= 15 is 0 Å². The Bertz CT molecular complexity index is 125. The molecule has 0 aromatic carbocycles. The average molecular weight is 158 g/mol. The lowest BCUT2D eigenvalue weighted by atomic mass is 10.0. The molecular weight excluding hydrogens is 140 g/mol. The smallest absolute Gasteiger partial charge is 0.231 e. The molecule has 0 bridgehead atoms. The van der Waals surface area contributed by atoms with Crippen molar-refractivity contribution in [3.63, 3.8) is 0 Å². The summed E-state index contributed by atoms with van der Waals surface area (Å²) in [5.74, 6) is 0.300. The van der Waals surface area contributed by atoms with Crippen molar-refractivity contribution in [3.05, 3.63) is 0 Å². The highest BCUT2D eigenvalue weighted by Crippen LogP contribution is 2.05. The van der Waals surface area contributed by atoms with Gasteiger partial charge in [-0.1, -0.05) is 20.3 Å². The molecule has 0 aromatic rings. The van der Waals surface area contributed by atoms with Crippen molar-refractivity contribution in [2.45, 2.75) is 33.2 Å². The second-order valence-electron chi connectivity index (χ2n) is 3.02. The van der Waals surface area contributed by atoms with Crippen LogP contribution in [0.5, 0.6) is 0 Å². The lowest BCUT2D eigenvalue weighted by Gasteiger charge is -2.18. The molecule has 0 spiro atoms. The molecule has 11 heavy (non-hydrogen) atoms. The first-order valence-electron chi connectivity index (χ1n) is 4.09. The minimum absolute atomic E-state index is 0.283. The molecular formula is C8H18N2O. The van der Waals surface area contributed by atoms with Gasteiger partial charge in [0.05, 0.1) is 6.54 Å². The number of hydrogen-bond acceptors (Lipinski definition) is 2. The summed E-state index contributed by atoms with van der Waals surface area (Å²) in [6.07, 6.45) is 1.12. The maximum absolute atomic E-state index is 10.4. The predicted octanol–water partition coefficient (Wildman–Crippen LogP) is 0.496. The molecule has 0 aliphatic heterocycles. The van der Waals surface area contributed by atoms with Gasteiger partial charge in [0, 0.05) is 6.04 Å². The summed E-state index contributed by atoms with van der Waals surface area (Å²) >= 11 is 0. The van der Waals surface area contributed by atoms with Crippen LogP contribution in [0.3, 0.4) is 0 Å². The fourth-order valence-electron chi connectivity index (χ4n) is 0.816. The maximum atomic E-state index is 10.4. The molecule has 0 fully saturated rings. The van der Waals surface area contributed by atoms with Gasteiger partial charge in [0.15, 0.2) is 0 Å². The van der Waals surface area contributed by atoms with Gasteiger partial charge < -0.3 is 11.1 Å². The van der Waals surface area contributed by atoms with E-state index in [0.29, 0.717) is 12.0 Å². The molecule has 0 heterocycles. The Morgan fingerprint density at radius 1 is 1.55 bits per heavy atom. The van der Waals surface area contributed by atoms with Crippen LogP contribution in [0, 0.1) is 5.92 Å². The molecule has 0 rings (SSSR count). The second kappa shape index (κ2) is 5.13. The van der Waals surface area contributed by atoms with Crippen LogP contribution in [-0.4, -0.2) is 18.5 Å². The van der Waals surface area contributed by atoms with Gasteiger partial charge in [0.25, 0.3) is 0 Å². The van der Waals surface area contributed by atoms with Gasteiger partial charge >= 0.3 is 0 Å². The van der Waals surface area contributed by atoms with Crippen molar-refractivity contribution in [2.24, 2.45) is 11.7 Å². The van der Waals surface area contributed by atoms with Gasteiger partial charge in [-0.15, -0.1) is 0 Å². The van der Waals surface area contributed by atoms with Crippen LogP contribution >= 0.6 is 0 Å². The van der Waals surface area contributed by atoms with E-state index in [1.54, 1.807) is 0 Å². The number of primary amides is 1. The van der Waals surface area contributed by atoms with Gasteiger partial charge in [-0.25, -0.2) is 0 Å². The lowest BCUT2D eigenvalue weighted by Crippen LogP contribution is -2.38. The van der Waals surface area contributed by atoms with E-state index < -0.39 is 0 Å². The largest absolute Gasteiger partial charge is 0.369 e. The van der Waals surface area contributed by atoms with Gasteiger partial charge in [0.2, 0.25) is 5.91 Å². The van der Waals surface area contributed by atoms with E-state index in [0.717, 1.165) is 6.42 Å². The number of nitrogens with one attached hydrogen (secondary N) is 1. The van der Waals surface area contributed by atoms with Crippen LogP contribution in [0.1, 0.15) is 27.2 Å². The number of nitrogens with two attached hydrogens (primary N) is 1. The lowest BCUT2D eigenvalue weighted by molar-refractivity contribution is -0.117. The zero-order valence-electron chi connectivity index (χ0n) is 7.55. The van der Waals surface area contributed by atoms with Crippen LogP contribution in [-0.2, 0) is 4.79 Å². The second-order valence-corrected chi connectivity index (χ2v) is 3.02. The number of carbonyl (C=O) groups is 1. The standard InChI is InChI=1S/C8H18N2O/c1-4-6(2)7(3)10-5-8(9)11/h6-7,10H,4-5H2,1-3H3,(H2,9,11)/t6-,7-/m1/s1. The summed E-state index contributed by atoms with van der Waals surface area (Å²) in [5, 5.41) is 3.06. The molecule has 0 aliphatic rings. The third kappa shape index (κ3) is 4.79. The van der Waals surface area contributed by atoms with E-state index in [-0.39, 0.29) is 12.5 Å². The van der Waals surface area contributed by atoms with E-state index in [4.69, 9.17) is 5.73 Å². The number of amides is 1. The van der Waals surface area contributed by atoms with Crippen molar-refractivity contribution in [2.75, 3.05) is 6.54 Å². The van der Waals surface area contributed by atoms with E-state index in [2.05, 4.69) is 26.1 Å². The summed E-state index contributed by atoms with van der Waals surface area (Å²) in [4.78, 5) is 10.4. The topological polar surface area (TPSA) is 55.1 Å². The molecule has 0 unspecified atom stereocenters. The summed E-state index contributed by atoms with van der Waals surface area (Å²) in [6.45, 7) is 6.63. The van der Waals surface area contributed by atoms with Crippen LogP contribution in [0.15, 0.2) is 0 Å². The number of hydrogen-bond donors (Lipinski definition) is 2. The summed E-state index contributed by atoms with van der Waals surface area (Å²) in [6, 6.07) is 0.368. The monoisotopic (exact) mass is 158 g/mol. The first kappa shape index (κ1) is 10.4. The molecule has 0 aliphatic carbocycles. The molecule has 0 aromatic heterocycles. The van der Waals surface area contributed by atoms with Gasteiger partial charge in [-0.3, -0.25) is 4.79 Å². The molecule has 66 valence electrons. The van der Waals surface area contributed by atoms with Crippen molar-refractivity contribution < 1.29 is 4.79 Å². The Morgan fingerprint density at radius 3 is 2.45 bits per heavy atom. The highest BCUT2D eigenvalue weighted by Gasteiger charge is 2.09. The Labute approximate surface area is 68.3 Å². The molecule has 3 nitrogen and oxygen atoms in total. The van der Waals surface area contributed by atoms with E-state index in [1.807, 2.05) is 0 Å². The predicted molar refractivity (Wildman–Crippen MR) is 46.1 cm³/mol. The highest BCUT2D eigenvalue weighted by atomic mass is 16.1. The van der Waals surface area contributed by atoms with Crippen molar-refractivity contribution in [3.8, 4) is 0 Å². The van der Waals surface area contributed by atoms with Crippen LogP contribution in [0.25, 0.3) is 0 Å². The molecule has 2 atom stereocenters. The maximum Gasteiger partial charge on any atom is 0.231 e. The SMILES string of the molecule is CC[C@@H](C)[C@@H](C)NCC(N)=O. The fraction of sp³-hybridized carbons (Fsp3) is 0.875. The Hall–Kier alpha value is -0.570. The zero-order valence-corrected chi connectivity index (χ0v) is 7.55. The number of rotatable bonds is 5. The minimum Gasteiger partial charge on any atom is -0.369 e.